The zero-order valence-electron chi connectivity index (χ0n) is 10.5. The molecular weight excluding hydrogens is 216 g/mol. The van der Waals surface area contributed by atoms with Crippen LogP contribution in [0.5, 0.6) is 0 Å². The van der Waals surface area contributed by atoms with E-state index in [4.69, 9.17) is 10.8 Å². The maximum atomic E-state index is 12.1. The number of nitrogens with two attached hydrogens (primary N) is 1. The van der Waals surface area contributed by atoms with Crippen molar-refractivity contribution < 1.29 is 9.90 Å². The van der Waals surface area contributed by atoms with E-state index in [1.807, 2.05) is 4.90 Å². The molecule has 98 valence electrons. The molecule has 17 heavy (non-hydrogen) atoms. The summed E-state index contributed by atoms with van der Waals surface area (Å²) in [6, 6.07) is 0. The number of aliphatic hydroxyl groups is 1. The van der Waals surface area contributed by atoms with E-state index in [9.17, 15) is 4.79 Å². The predicted octanol–water partition coefficient (Wildman–Crippen LogP) is 0.879. The summed E-state index contributed by atoms with van der Waals surface area (Å²) in [4.78, 5) is 14.1. The third-order valence-corrected chi connectivity index (χ3v) is 4.26. The van der Waals surface area contributed by atoms with Crippen LogP contribution in [0.4, 0.5) is 0 Å². The summed E-state index contributed by atoms with van der Waals surface area (Å²) in [7, 11) is 0. The van der Waals surface area contributed by atoms with Gasteiger partial charge in [0.1, 0.15) is 0 Å². The average Bonchev–Trinajstić information content (AvgIpc) is 2.28. The van der Waals surface area contributed by atoms with Gasteiger partial charge in [-0.15, -0.1) is 0 Å². The van der Waals surface area contributed by atoms with Crippen molar-refractivity contribution in [1.82, 2.24) is 4.90 Å². The second-order valence-corrected chi connectivity index (χ2v) is 5.75. The van der Waals surface area contributed by atoms with E-state index in [-0.39, 0.29) is 18.1 Å². The molecule has 2 fully saturated rings. The SMILES string of the molecule is NC1(CC(=O)N2CCCC(CCO)C2)CCC1. The van der Waals surface area contributed by atoms with Crippen molar-refractivity contribution in [2.24, 2.45) is 11.7 Å². The summed E-state index contributed by atoms with van der Waals surface area (Å²) in [6.45, 7) is 1.92. The first-order valence-corrected chi connectivity index (χ1v) is 6.80. The van der Waals surface area contributed by atoms with E-state index in [2.05, 4.69) is 0 Å². The number of aliphatic hydroxyl groups excluding tert-OH is 1. The highest BCUT2D eigenvalue weighted by molar-refractivity contribution is 5.77. The molecule has 1 aliphatic heterocycles. The van der Waals surface area contributed by atoms with Gasteiger partial charge in [-0.25, -0.2) is 0 Å². The first-order chi connectivity index (χ1) is 8.13. The smallest absolute Gasteiger partial charge is 0.224 e. The van der Waals surface area contributed by atoms with E-state index >= 15 is 0 Å². The summed E-state index contributed by atoms with van der Waals surface area (Å²) in [5, 5.41) is 8.95. The lowest BCUT2D eigenvalue weighted by atomic mass is 9.75. The van der Waals surface area contributed by atoms with Crippen LogP contribution in [0.25, 0.3) is 0 Å². The summed E-state index contributed by atoms with van der Waals surface area (Å²) < 4.78 is 0. The highest BCUT2D eigenvalue weighted by Gasteiger charge is 2.36. The number of carbonyl (C=O) groups excluding carboxylic acids is 1. The molecule has 1 saturated heterocycles. The van der Waals surface area contributed by atoms with Crippen LogP contribution >= 0.6 is 0 Å². The molecular formula is C13H24N2O2. The monoisotopic (exact) mass is 240 g/mol. The molecule has 4 heteroatoms. The zero-order chi connectivity index (χ0) is 12.3. The van der Waals surface area contributed by atoms with Gasteiger partial charge >= 0.3 is 0 Å². The minimum Gasteiger partial charge on any atom is -0.396 e. The van der Waals surface area contributed by atoms with Crippen molar-refractivity contribution in [2.45, 2.75) is 50.5 Å². The van der Waals surface area contributed by atoms with Crippen LogP contribution in [0.2, 0.25) is 0 Å². The molecule has 4 nitrogen and oxygen atoms in total. The molecule has 1 heterocycles. The largest absolute Gasteiger partial charge is 0.396 e. The first kappa shape index (κ1) is 12.8. The lowest BCUT2D eigenvalue weighted by molar-refractivity contribution is -0.135. The Bertz CT molecular complexity index is 275. The topological polar surface area (TPSA) is 66.6 Å². The Morgan fingerprint density at radius 3 is 2.76 bits per heavy atom. The minimum absolute atomic E-state index is 0.207. The van der Waals surface area contributed by atoms with Gasteiger partial charge in [0.25, 0.3) is 0 Å². The Morgan fingerprint density at radius 1 is 1.41 bits per heavy atom. The summed E-state index contributed by atoms with van der Waals surface area (Å²) >= 11 is 0. The fraction of sp³-hybridized carbons (Fsp3) is 0.923. The molecule has 3 N–H and O–H groups in total. The number of hydrogen-bond acceptors (Lipinski definition) is 3. The maximum Gasteiger partial charge on any atom is 0.224 e. The van der Waals surface area contributed by atoms with Gasteiger partial charge in [0, 0.05) is 31.7 Å². The molecule has 1 atom stereocenters. The molecule has 1 unspecified atom stereocenters. The number of nitrogens with zero attached hydrogens (tertiary/aromatic N) is 1. The maximum absolute atomic E-state index is 12.1. The highest BCUT2D eigenvalue weighted by Crippen LogP contribution is 2.33. The fourth-order valence-electron chi connectivity index (χ4n) is 2.93. The fourth-order valence-corrected chi connectivity index (χ4v) is 2.93. The summed E-state index contributed by atoms with van der Waals surface area (Å²) in [5.74, 6) is 0.697. The van der Waals surface area contributed by atoms with E-state index in [0.717, 1.165) is 51.6 Å². The zero-order valence-corrected chi connectivity index (χ0v) is 10.5. The second-order valence-electron chi connectivity index (χ2n) is 5.75. The van der Waals surface area contributed by atoms with Crippen molar-refractivity contribution in [3.8, 4) is 0 Å². The van der Waals surface area contributed by atoms with Gasteiger partial charge in [0.15, 0.2) is 0 Å². The number of hydrogen-bond donors (Lipinski definition) is 2. The van der Waals surface area contributed by atoms with Gasteiger partial charge in [-0.05, 0) is 44.4 Å². The molecule has 0 aromatic heterocycles. The van der Waals surface area contributed by atoms with Crippen molar-refractivity contribution in [3.63, 3.8) is 0 Å². The molecule has 0 spiro atoms. The Balaban J connectivity index is 1.82. The molecule has 1 saturated carbocycles. The van der Waals surface area contributed by atoms with Crippen LogP contribution in [-0.2, 0) is 4.79 Å². The molecule has 1 aliphatic carbocycles. The van der Waals surface area contributed by atoms with Gasteiger partial charge < -0.3 is 15.7 Å². The van der Waals surface area contributed by atoms with Crippen LogP contribution in [0.1, 0.15) is 44.9 Å². The van der Waals surface area contributed by atoms with Crippen molar-refractivity contribution in [1.29, 1.82) is 0 Å². The van der Waals surface area contributed by atoms with Gasteiger partial charge in [0.2, 0.25) is 5.91 Å². The van der Waals surface area contributed by atoms with Gasteiger partial charge in [-0.3, -0.25) is 4.79 Å². The quantitative estimate of drug-likeness (QED) is 0.766. The van der Waals surface area contributed by atoms with Crippen LogP contribution in [0, 0.1) is 5.92 Å². The van der Waals surface area contributed by atoms with Crippen LogP contribution in [-0.4, -0.2) is 41.1 Å². The van der Waals surface area contributed by atoms with E-state index in [1.54, 1.807) is 0 Å². The molecule has 0 radical (unpaired) electrons. The van der Waals surface area contributed by atoms with Crippen molar-refractivity contribution >= 4 is 5.91 Å². The summed E-state index contributed by atoms with van der Waals surface area (Å²) in [5.41, 5.74) is 5.91. The highest BCUT2D eigenvalue weighted by atomic mass is 16.3. The number of amides is 1. The Kier molecular flexibility index (Phi) is 4.05. The standard InChI is InChI=1S/C13H24N2O2/c14-13(5-2-6-13)9-12(17)15-7-1-3-11(10-15)4-8-16/h11,16H,1-10,14H2. The third-order valence-electron chi connectivity index (χ3n) is 4.26. The molecule has 0 bridgehead atoms. The lowest BCUT2D eigenvalue weighted by Gasteiger charge is -2.40. The van der Waals surface area contributed by atoms with Gasteiger partial charge in [-0.1, -0.05) is 0 Å². The Labute approximate surface area is 103 Å². The molecule has 2 rings (SSSR count). The summed E-state index contributed by atoms with van der Waals surface area (Å²) in [6.07, 6.45) is 6.68. The number of carbonyl (C=O) groups is 1. The Morgan fingerprint density at radius 2 is 2.18 bits per heavy atom. The molecule has 1 amide bonds. The minimum atomic E-state index is -0.207. The van der Waals surface area contributed by atoms with E-state index in [1.165, 1.54) is 0 Å². The van der Waals surface area contributed by atoms with E-state index < -0.39 is 0 Å². The first-order valence-electron chi connectivity index (χ1n) is 6.80. The average molecular weight is 240 g/mol. The predicted molar refractivity (Wildman–Crippen MR) is 66.4 cm³/mol. The number of piperidine rings is 1. The normalized spacial score (nSPS) is 27.6. The number of likely N-dealkylation sites (tertiary alicyclic amines) is 1. The van der Waals surface area contributed by atoms with Crippen LogP contribution in [0.3, 0.4) is 0 Å². The van der Waals surface area contributed by atoms with E-state index in [0.29, 0.717) is 12.3 Å². The van der Waals surface area contributed by atoms with Crippen molar-refractivity contribution in [3.05, 3.63) is 0 Å². The number of rotatable bonds is 4. The van der Waals surface area contributed by atoms with Crippen LogP contribution in [0.15, 0.2) is 0 Å². The molecule has 0 aromatic rings. The molecule has 0 aromatic carbocycles. The van der Waals surface area contributed by atoms with Gasteiger partial charge in [-0.2, -0.15) is 0 Å². The third kappa shape index (κ3) is 3.19. The second kappa shape index (κ2) is 5.36. The lowest BCUT2D eigenvalue weighted by Crippen LogP contribution is -2.51. The Hall–Kier alpha value is -0.610. The van der Waals surface area contributed by atoms with Crippen molar-refractivity contribution in [2.75, 3.05) is 19.7 Å². The van der Waals surface area contributed by atoms with Crippen LogP contribution < -0.4 is 5.73 Å². The van der Waals surface area contributed by atoms with Gasteiger partial charge in [0.05, 0.1) is 0 Å². The molecule has 2 aliphatic rings.